The van der Waals surface area contributed by atoms with Crippen molar-refractivity contribution in [1.29, 1.82) is 0 Å². The van der Waals surface area contributed by atoms with E-state index in [1.54, 1.807) is 12.4 Å². The molecule has 0 saturated carbocycles. The molecule has 0 radical (unpaired) electrons. The molecule has 1 aromatic heterocycles. The summed E-state index contributed by atoms with van der Waals surface area (Å²) >= 11 is 9.84. The molecule has 5 nitrogen and oxygen atoms in total. The summed E-state index contributed by atoms with van der Waals surface area (Å²) in [7, 11) is 0. The number of benzene rings is 2. The van der Waals surface area contributed by atoms with Crippen LogP contribution in [0.5, 0.6) is 0 Å². The molecule has 8 heteroatoms. The number of hydrogen-bond donors (Lipinski definition) is 0. The minimum absolute atomic E-state index is 0.00360. The maximum atomic E-state index is 11.9. The minimum Gasteiger partial charge on any atom is -0.760 e. The Kier molecular flexibility index (Phi) is 6.83. The number of halogens is 2. The van der Waals surface area contributed by atoms with Gasteiger partial charge in [-0.25, -0.2) is 4.31 Å². The lowest BCUT2D eigenvalue weighted by molar-refractivity contribution is 0.0494. The van der Waals surface area contributed by atoms with Crippen LogP contribution in [0.25, 0.3) is 0 Å². The van der Waals surface area contributed by atoms with Crippen LogP contribution in [0.1, 0.15) is 22.7 Å². The van der Waals surface area contributed by atoms with Crippen LogP contribution in [0.2, 0.25) is 10.0 Å². The standard InChI is InChI=1S/C22H21Cl2N3O2S/c23-19-7-3-17(4-8-19)22(18-5-9-20(24)10-6-18)26-14-21(15-26)27(30(28)29)13-16-2-1-11-25-12-16/h1-12,21-22H,13-15H2,(H,28,29)/p-1. The summed E-state index contributed by atoms with van der Waals surface area (Å²) in [5.41, 5.74) is 3.07. The van der Waals surface area contributed by atoms with Crippen LogP contribution in [0.15, 0.2) is 73.1 Å². The zero-order valence-electron chi connectivity index (χ0n) is 16.0. The number of aromatic nitrogens is 1. The third kappa shape index (κ3) is 4.91. The normalized spacial score (nSPS) is 16.0. The highest BCUT2D eigenvalue weighted by Gasteiger charge is 2.37. The van der Waals surface area contributed by atoms with Gasteiger partial charge in [-0.2, -0.15) is 0 Å². The number of nitrogens with zero attached hydrogens (tertiary/aromatic N) is 3. The predicted molar refractivity (Wildman–Crippen MR) is 119 cm³/mol. The Hall–Kier alpha value is -1.80. The molecule has 1 aliphatic heterocycles. The topological polar surface area (TPSA) is 59.5 Å². The molecule has 4 rings (SSSR count). The van der Waals surface area contributed by atoms with Gasteiger partial charge >= 0.3 is 0 Å². The zero-order chi connectivity index (χ0) is 21.1. The van der Waals surface area contributed by atoms with Gasteiger partial charge in [0.15, 0.2) is 0 Å². The average molecular weight is 461 g/mol. The minimum atomic E-state index is -2.31. The number of pyridine rings is 1. The first-order valence-corrected chi connectivity index (χ1v) is 11.3. The monoisotopic (exact) mass is 460 g/mol. The van der Waals surface area contributed by atoms with Crippen molar-refractivity contribution in [1.82, 2.24) is 14.2 Å². The zero-order valence-corrected chi connectivity index (χ0v) is 18.4. The Morgan fingerprint density at radius 1 is 1.03 bits per heavy atom. The van der Waals surface area contributed by atoms with E-state index in [0.29, 0.717) is 29.7 Å². The van der Waals surface area contributed by atoms with E-state index in [9.17, 15) is 8.76 Å². The first kappa shape index (κ1) is 21.4. The van der Waals surface area contributed by atoms with Gasteiger partial charge in [0.2, 0.25) is 0 Å². The lowest BCUT2D eigenvalue weighted by atomic mass is 9.93. The van der Waals surface area contributed by atoms with Gasteiger partial charge in [-0.05, 0) is 47.0 Å². The van der Waals surface area contributed by atoms with Crippen LogP contribution < -0.4 is 0 Å². The van der Waals surface area contributed by atoms with E-state index >= 15 is 0 Å². The van der Waals surface area contributed by atoms with Gasteiger partial charge in [0.05, 0.1) is 6.04 Å². The Bertz CT molecular complexity index is 952. The molecule has 1 saturated heterocycles. The number of likely N-dealkylation sites (tertiary alicyclic amines) is 1. The highest BCUT2D eigenvalue weighted by atomic mass is 35.5. The van der Waals surface area contributed by atoms with E-state index < -0.39 is 11.3 Å². The molecule has 0 amide bonds. The van der Waals surface area contributed by atoms with Gasteiger partial charge in [0, 0.05) is 59.4 Å². The summed E-state index contributed by atoms with van der Waals surface area (Å²) in [5.74, 6) is 0. The summed E-state index contributed by atoms with van der Waals surface area (Å²) in [4.78, 5) is 6.34. The number of hydrogen-bond acceptors (Lipinski definition) is 4. The van der Waals surface area contributed by atoms with E-state index in [-0.39, 0.29) is 12.1 Å². The van der Waals surface area contributed by atoms with Crippen LogP contribution in [0.3, 0.4) is 0 Å². The first-order chi connectivity index (χ1) is 14.5. The van der Waals surface area contributed by atoms with Gasteiger partial charge in [-0.1, -0.05) is 53.5 Å². The van der Waals surface area contributed by atoms with Gasteiger partial charge < -0.3 is 4.55 Å². The summed E-state index contributed by atoms with van der Waals surface area (Å²) in [5, 5.41) is 1.36. The van der Waals surface area contributed by atoms with Gasteiger partial charge in [-0.3, -0.25) is 14.1 Å². The fourth-order valence-electron chi connectivity index (χ4n) is 3.76. The molecular weight excluding hydrogens is 441 g/mol. The lowest BCUT2D eigenvalue weighted by Crippen LogP contribution is -2.60. The molecule has 0 spiro atoms. The Morgan fingerprint density at radius 3 is 2.07 bits per heavy atom. The number of rotatable bonds is 7. The molecule has 156 valence electrons. The largest absolute Gasteiger partial charge is 0.760 e. The van der Waals surface area contributed by atoms with E-state index in [1.807, 2.05) is 60.7 Å². The van der Waals surface area contributed by atoms with Gasteiger partial charge in [-0.15, -0.1) is 0 Å². The highest BCUT2D eigenvalue weighted by Crippen LogP contribution is 2.35. The summed E-state index contributed by atoms with van der Waals surface area (Å²) in [6, 6.07) is 19.1. The summed E-state index contributed by atoms with van der Waals surface area (Å²) < 4.78 is 25.3. The van der Waals surface area contributed by atoms with Crippen LogP contribution >= 0.6 is 23.2 Å². The van der Waals surface area contributed by atoms with Crippen molar-refractivity contribution in [2.45, 2.75) is 18.6 Å². The van der Waals surface area contributed by atoms with Crippen LogP contribution in [0.4, 0.5) is 0 Å². The molecule has 0 aliphatic carbocycles. The van der Waals surface area contributed by atoms with E-state index in [2.05, 4.69) is 9.88 Å². The quantitative estimate of drug-likeness (QED) is 0.488. The highest BCUT2D eigenvalue weighted by molar-refractivity contribution is 7.76. The first-order valence-electron chi connectivity index (χ1n) is 9.51. The van der Waals surface area contributed by atoms with Crippen molar-refractivity contribution < 1.29 is 8.76 Å². The van der Waals surface area contributed by atoms with Gasteiger partial charge in [0.25, 0.3) is 0 Å². The second-order valence-corrected chi connectivity index (χ2v) is 9.04. The Labute approximate surface area is 188 Å². The SMILES string of the molecule is O=S([O-])N(Cc1cccnc1)C1CN(C(c2ccc(Cl)cc2)c2ccc(Cl)cc2)C1. The second kappa shape index (κ2) is 9.56. The maximum absolute atomic E-state index is 11.9. The van der Waals surface area contributed by atoms with Crippen molar-refractivity contribution in [3.63, 3.8) is 0 Å². The summed E-state index contributed by atoms with van der Waals surface area (Å²) in [6.07, 6.45) is 3.37. The van der Waals surface area contributed by atoms with Gasteiger partial charge in [0.1, 0.15) is 0 Å². The molecule has 1 atom stereocenters. The van der Waals surface area contributed by atoms with Crippen LogP contribution in [-0.2, 0) is 17.8 Å². The molecule has 0 N–H and O–H groups in total. The maximum Gasteiger partial charge on any atom is 0.0602 e. The molecule has 2 aromatic carbocycles. The molecule has 0 bridgehead atoms. The van der Waals surface area contributed by atoms with E-state index in [1.165, 1.54) is 4.31 Å². The molecule has 3 aromatic rings. The van der Waals surface area contributed by atoms with Crippen LogP contribution in [0, 0.1) is 0 Å². The predicted octanol–water partition coefficient (Wildman–Crippen LogP) is 4.46. The lowest BCUT2D eigenvalue weighted by Gasteiger charge is -2.49. The average Bonchev–Trinajstić information content (AvgIpc) is 2.71. The Balaban J connectivity index is 1.54. The fraction of sp³-hybridized carbons (Fsp3) is 0.227. The van der Waals surface area contributed by atoms with Crippen molar-refractivity contribution in [3.8, 4) is 0 Å². The summed E-state index contributed by atoms with van der Waals surface area (Å²) in [6.45, 7) is 1.57. The smallest absolute Gasteiger partial charge is 0.0602 e. The van der Waals surface area contributed by atoms with Crippen molar-refractivity contribution >= 4 is 34.5 Å². The van der Waals surface area contributed by atoms with Crippen molar-refractivity contribution in [3.05, 3.63) is 99.8 Å². The van der Waals surface area contributed by atoms with Crippen molar-refractivity contribution in [2.75, 3.05) is 13.1 Å². The third-order valence-corrected chi connectivity index (χ3v) is 6.60. The second-order valence-electron chi connectivity index (χ2n) is 7.27. The molecule has 30 heavy (non-hydrogen) atoms. The Morgan fingerprint density at radius 2 is 1.60 bits per heavy atom. The van der Waals surface area contributed by atoms with E-state index in [0.717, 1.165) is 16.7 Å². The van der Waals surface area contributed by atoms with Crippen LogP contribution in [-0.4, -0.2) is 42.1 Å². The molecule has 1 unspecified atom stereocenters. The molecule has 1 aliphatic rings. The van der Waals surface area contributed by atoms with E-state index in [4.69, 9.17) is 23.2 Å². The molecule has 2 heterocycles. The van der Waals surface area contributed by atoms with Crippen molar-refractivity contribution in [2.24, 2.45) is 0 Å². The molecular formula is C22H20Cl2N3O2S-. The fourth-order valence-corrected chi connectivity index (χ4v) is 4.64. The third-order valence-electron chi connectivity index (χ3n) is 5.29. The molecule has 1 fully saturated rings.